The van der Waals surface area contributed by atoms with Crippen LogP contribution in [0.15, 0.2) is 30.3 Å². The number of ether oxygens (including phenoxy) is 1. The molecule has 0 bridgehead atoms. The minimum atomic E-state index is -0.190. The summed E-state index contributed by atoms with van der Waals surface area (Å²) in [6.07, 6.45) is 3.18. The Hall–Kier alpha value is -2.08. The number of carbonyl (C=O) groups excluding carboxylic acids is 2. The van der Waals surface area contributed by atoms with E-state index in [1.807, 2.05) is 34.9 Å². The maximum absolute atomic E-state index is 12.5. The van der Waals surface area contributed by atoms with E-state index in [0.29, 0.717) is 19.1 Å². The van der Waals surface area contributed by atoms with Gasteiger partial charge in [0.25, 0.3) is 0 Å². The Morgan fingerprint density at radius 1 is 0.963 bits per heavy atom. The predicted molar refractivity (Wildman–Crippen MR) is 105 cm³/mol. The van der Waals surface area contributed by atoms with Crippen molar-refractivity contribution in [3.8, 4) is 0 Å². The highest BCUT2D eigenvalue weighted by Gasteiger charge is 2.30. The van der Waals surface area contributed by atoms with Gasteiger partial charge in [0.15, 0.2) is 0 Å². The number of likely N-dealkylation sites (tertiary alicyclic amines) is 1. The molecule has 0 atom stereocenters. The first kappa shape index (κ1) is 19.7. The first-order chi connectivity index (χ1) is 13.2. The van der Waals surface area contributed by atoms with Gasteiger partial charge in [0.05, 0.1) is 6.61 Å². The number of amides is 2. The predicted octanol–water partition coefficient (Wildman–Crippen LogP) is 2.38. The van der Waals surface area contributed by atoms with Crippen molar-refractivity contribution in [3.05, 3.63) is 35.9 Å². The third kappa shape index (κ3) is 5.45. The molecule has 6 heteroatoms. The molecule has 2 saturated heterocycles. The molecule has 0 N–H and O–H groups in total. The van der Waals surface area contributed by atoms with E-state index in [4.69, 9.17) is 4.74 Å². The summed E-state index contributed by atoms with van der Waals surface area (Å²) in [7, 11) is 0. The standard InChI is InChI=1S/C21H31N3O3/c1-2-27-21(26)24-12-10-19(11-13-24)22-14-16-23(17-15-22)20(25)9-8-18-6-4-3-5-7-18/h3-7,19H,2,8-17H2,1H3. The molecule has 0 unspecified atom stereocenters. The van der Waals surface area contributed by atoms with Gasteiger partial charge >= 0.3 is 6.09 Å². The minimum Gasteiger partial charge on any atom is -0.450 e. The first-order valence-corrected chi connectivity index (χ1v) is 10.1. The number of aryl methyl sites for hydroxylation is 1. The van der Waals surface area contributed by atoms with E-state index in [-0.39, 0.29) is 12.0 Å². The second-order valence-corrected chi connectivity index (χ2v) is 7.32. The molecule has 2 aliphatic rings. The number of hydrogen-bond acceptors (Lipinski definition) is 4. The number of rotatable bonds is 5. The second-order valence-electron chi connectivity index (χ2n) is 7.32. The van der Waals surface area contributed by atoms with Gasteiger partial charge in [0.1, 0.15) is 0 Å². The topological polar surface area (TPSA) is 53.1 Å². The Morgan fingerprint density at radius 2 is 1.63 bits per heavy atom. The van der Waals surface area contributed by atoms with Gasteiger partial charge in [-0.2, -0.15) is 0 Å². The number of piperazine rings is 1. The highest BCUT2D eigenvalue weighted by molar-refractivity contribution is 5.76. The number of hydrogen-bond donors (Lipinski definition) is 0. The van der Waals surface area contributed by atoms with Crippen LogP contribution < -0.4 is 0 Å². The third-order valence-electron chi connectivity index (χ3n) is 5.64. The Bertz CT molecular complexity index is 606. The number of piperidine rings is 1. The lowest BCUT2D eigenvalue weighted by atomic mass is 10.0. The lowest BCUT2D eigenvalue weighted by Gasteiger charge is -2.42. The summed E-state index contributed by atoms with van der Waals surface area (Å²) in [6.45, 7) is 7.28. The maximum Gasteiger partial charge on any atom is 0.409 e. The zero-order valence-corrected chi connectivity index (χ0v) is 16.3. The fourth-order valence-corrected chi connectivity index (χ4v) is 4.02. The van der Waals surface area contributed by atoms with Crippen molar-refractivity contribution in [1.82, 2.24) is 14.7 Å². The summed E-state index contributed by atoms with van der Waals surface area (Å²) < 4.78 is 5.09. The average molecular weight is 373 g/mol. The van der Waals surface area contributed by atoms with Crippen LogP contribution >= 0.6 is 0 Å². The minimum absolute atomic E-state index is 0.190. The molecule has 0 radical (unpaired) electrons. The largest absolute Gasteiger partial charge is 0.450 e. The van der Waals surface area contributed by atoms with Crippen LogP contribution in [-0.2, 0) is 16.0 Å². The Labute approximate surface area is 162 Å². The average Bonchev–Trinajstić information content (AvgIpc) is 2.73. The molecule has 6 nitrogen and oxygen atoms in total. The van der Waals surface area contributed by atoms with E-state index < -0.39 is 0 Å². The first-order valence-electron chi connectivity index (χ1n) is 10.1. The van der Waals surface area contributed by atoms with Crippen LogP contribution in [0.2, 0.25) is 0 Å². The molecule has 1 aromatic carbocycles. The number of benzene rings is 1. The monoisotopic (exact) mass is 373 g/mol. The van der Waals surface area contributed by atoms with Crippen LogP contribution in [0.25, 0.3) is 0 Å². The fraction of sp³-hybridized carbons (Fsp3) is 0.619. The highest BCUT2D eigenvalue weighted by atomic mass is 16.6. The van der Waals surface area contributed by atoms with Gasteiger partial charge in [-0.15, -0.1) is 0 Å². The number of carbonyl (C=O) groups is 2. The SMILES string of the molecule is CCOC(=O)N1CCC(N2CCN(C(=O)CCc3ccccc3)CC2)CC1. The van der Waals surface area contributed by atoms with E-state index >= 15 is 0 Å². The van der Waals surface area contributed by atoms with Gasteiger partial charge in [-0.3, -0.25) is 9.69 Å². The molecule has 0 aromatic heterocycles. The molecule has 148 valence electrons. The van der Waals surface area contributed by atoms with Gasteiger partial charge < -0.3 is 14.5 Å². The van der Waals surface area contributed by atoms with E-state index in [1.165, 1.54) is 5.56 Å². The molecule has 3 rings (SSSR count). The molecule has 0 aliphatic carbocycles. The molecular weight excluding hydrogens is 342 g/mol. The fourth-order valence-electron chi connectivity index (χ4n) is 4.02. The Balaban J connectivity index is 1.37. The summed E-state index contributed by atoms with van der Waals surface area (Å²) in [5.74, 6) is 0.260. The summed E-state index contributed by atoms with van der Waals surface area (Å²) in [6, 6.07) is 10.7. The normalized spacial score (nSPS) is 19.1. The maximum atomic E-state index is 12.5. The van der Waals surface area contributed by atoms with Crippen LogP contribution in [0.1, 0.15) is 31.7 Å². The van der Waals surface area contributed by atoms with E-state index in [2.05, 4.69) is 17.0 Å². The Morgan fingerprint density at radius 3 is 2.26 bits per heavy atom. The van der Waals surface area contributed by atoms with Crippen molar-refractivity contribution < 1.29 is 14.3 Å². The van der Waals surface area contributed by atoms with Crippen molar-refractivity contribution in [3.63, 3.8) is 0 Å². The quantitative estimate of drug-likeness (QED) is 0.795. The van der Waals surface area contributed by atoms with E-state index in [9.17, 15) is 9.59 Å². The van der Waals surface area contributed by atoms with Crippen molar-refractivity contribution in [2.24, 2.45) is 0 Å². The van der Waals surface area contributed by atoms with Crippen LogP contribution in [0, 0.1) is 0 Å². The van der Waals surface area contributed by atoms with Gasteiger partial charge in [0.2, 0.25) is 5.91 Å². The van der Waals surface area contributed by atoms with Crippen LogP contribution in [0.4, 0.5) is 4.79 Å². The highest BCUT2D eigenvalue weighted by Crippen LogP contribution is 2.19. The molecular formula is C21H31N3O3. The van der Waals surface area contributed by atoms with Gasteiger partial charge in [-0.05, 0) is 31.7 Å². The molecule has 0 spiro atoms. The van der Waals surface area contributed by atoms with Crippen molar-refractivity contribution in [2.75, 3.05) is 45.9 Å². The molecule has 2 aliphatic heterocycles. The summed E-state index contributed by atoms with van der Waals surface area (Å²) >= 11 is 0. The van der Waals surface area contributed by atoms with E-state index in [0.717, 1.165) is 58.5 Å². The second kappa shape index (κ2) is 9.74. The van der Waals surface area contributed by atoms with Crippen LogP contribution in [-0.4, -0.2) is 78.6 Å². The molecule has 1 aromatic rings. The smallest absolute Gasteiger partial charge is 0.409 e. The molecule has 2 amide bonds. The van der Waals surface area contributed by atoms with Crippen LogP contribution in [0.3, 0.4) is 0 Å². The van der Waals surface area contributed by atoms with Gasteiger partial charge in [-0.1, -0.05) is 30.3 Å². The third-order valence-corrected chi connectivity index (χ3v) is 5.64. The number of nitrogens with zero attached hydrogens (tertiary/aromatic N) is 3. The van der Waals surface area contributed by atoms with Crippen molar-refractivity contribution >= 4 is 12.0 Å². The molecule has 0 saturated carbocycles. The molecule has 2 heterocycles. The van der Waals surface area contributed by atoms with Crippen molar-refractivity contribution in [1.29, 1.82) is 0 Å². The lowest BCUT2D eigenvalue weighted by molar-refractivity contribution is -0.133. The molecule has 2 fully saturated rings. The van der Waals surface area contributed by atoms with E-state index in [1.54, 1.807) is 0 Å². The van der Waals surface area contributed by atoms with Crippen molar-refractivity contribution in [2.45, 2.75) is 38.6 Å². The lowest BCUT2D eigenvalue weighted by Crippen LogP contribution is -2.54. The summed E-state index contributed by atoms with van der Waals surface area (Å²) in [5.41, 5.74) is 1.22. The van der Waals surface area contributed by atoms with Gasteiger partial charge in [-0.25, -0.2) is 4.79 Å². The summed E-state index contributed by atoms with van der Waals surface area (Å²) in [4.78, 5) is 30.6. The van der Waals surface area contributed by atoms with Gasteiger partial charge in [0, 0.05) is 51.7 Å². The summed E-state index contributed by atoms with van der Waals surface area (Å²) in [5, 5.41) is 0. The molecule has 27 heavy (non-hydrogen) atoms. The van der Waals surface area contributed by atoms with Crippen LogP contribution in [0.5, 0.6) is 0 Å². The zero-order chi connectivity index (χ0) is 19.1. The zero-order valence-electron chi connectivity index (χ0n) is 16.3. The Kier molecular flexibility index (Phi) is 7.10.